The molecule has 0 radical (unpaired) electrons. The number of ether oxygens (including phenoxy) is 1. The Bertz CT molecular complexity index is 2210. The van der Waals surface area contributed by atoms with Crippen molar-refractivity contribution in [1.82, 2.24) is 30.8 Å². The minimum atomic E-state index is -0.652. The molecule has 1 unspecified atom stereocenters. The van der Waals surface area contributed by atoms with Gasteiger partial charge in [0.05, 0.1) is 19.4 Å². The maximum Gasteiger partial charge on any atom is 0.255 e. The van der Waals surface area contributed by atoms with Gasteiger partial charge in [-0.1, -0.05) is 37.7 Å². The van der Waals surface area contributed by atoms with Crippen molar-refractivity contribution in [3.63, 3.8) is 0 Å². The number of fused-ring (bicyclic) bond motifs is 2. The molecular weight excluding hydrogens is 775 g/mol. The van der Waals surface area contributed by atoms with Crippen LogP contribution in [0.4, 0.5) is 23.1 Å². The summed E-state index contributed by atoms with van der Waals surface area (Å²) in [6, 6.07) is 12.7. The first kappa shape index (κ1) is 41.9. The van der Waals surface area contributed by atoms with E-state index in [0.717, 1.165) is 86.2 Å². The maximum absolute atomic E-state index is 13.2. The summed E-state index contributed by atoms with van der Waals surface area (Å²) < 4.78 is 5.83. The van der Waals surface area contributed by atoms with Gasteiger partial charge in [0.2, 0.25) is 23.7 Å². The van der Waals surface area contributed by atoms with Crippen LogP contribution in [-0.4, -0.2) is 101 Å². The molecule has 15 heteroatoms. The van der Waals surface area contributed by atoms with Crippen LogP contribution in [0.15, 0.2) is 48.7 Å². The molecular formula is C46H55N9O6. The highest BCUT2D eigenvalue weighted by atomic mass is 16.5. The minimum absolute atomic E-state index is 0.0848. The van der Waals surface area contributed by atoms with Crippen LogP contribution in [0.2, 0.25) is 0 Å². The fourth-order valence-corrected chi connectivity index (χ4v) is 9.41. The predicted octanol–water partition coefficient (Wildman–Crippen LogP) is 4.57. The number of piperidine rings is 1. The number of likely N-dealkylation sites (N-methyl/N-ethyl adjacent to an activating group) is 1. The molecule has 1 aromatic heterocycles. The van der Waals surface area contributed by atoms with Crippen molar-refractivity contribution in [3.05, 3.63) is 70.9 Å². The van der Waals surface area contributed by atoms with Crippen molar-refractivity contribution in [2.24, 2.45) is 0 Å². The molecule has 1 saturated heterocycles. The highest BCUT2D eigenvalue weighted by molar-refractivity contribution is 6.06. The lowest BCUT2D eigenvalue weighted by atomic mass is 9.91. The van der Waals surface area contributed by atoms with Crippen molar-refractivity contribution in [2.45, 2.75) is 121 Å². The fourth-order valence-electron chi connectivity index (χ4n) is 9.41. The van der Waals surface area contributed by atoms with E-state index in [1.54, 1.807) is 35.2 Å². The van der Waals surface area contributed by atoms with Crippen molar-refractivity contribution in [1.29, 1.82) is 0 Å². The molecule has 2 atom stereocenters. The average Bonchev–Trinajstić information content (AvgIpc) is 3.92. The number of anilines is 4. The number of benzene rings is 2. The van der Waals surface area contributed by atoms with E-state index in [1.165, 1.54) is 0 Å². The Morgan fingerprint density at radius 2 is 1.72 bits per heavy atom. The van der Waals surface area contributed by atoms with E-state index in [0.29, 0.717) is 68.2 Å². The molecule has 4 N–H and O–H groups in total. The van der Waals surface area contributed by atoms with E-state index in [9.17, 15) is 24.0 Å². The smallest absolute Gasteiger partial charge is 0.255 e. The molecule has 8 rings (SSSR count). The molecule has 3 fully saturated rings. The van der Waals surface area contributed by atoms with E-state index >= 15 is 0 Å². The number of hydrogen-bond acceptors (Lipinski definition) is 11. The van der Waals surface area contributed by atoms with E-state index in [2.05, 4.69) is 49.9 Å². The first-order valence-corrected chi connectivity index (χ1v) is 21.9. The van der Waals surface area contributed by atoms with Gasteiger partial charge < -0.3 is 35.4 Å². The normalized spacial score (nSPS) is 22.7. The first-order chi connectivity index (χ1) is 29.7. The summed E-state index contributed by atoms with van der Waals surface area (Å²) in [6.07, 6.45) is 11.7. The van der Waals surface area contributed by atoms with E-state index in [4.69, 9.17) is 9.72 Å². The predicted molar refractivity (Wildman–Crippen MR) is 230 cm³/mol. The highest BCUT2D eigenvalue weighted by Gasteiger charge is 2.42. The van der Waals surface area contributed by atoms with Crippen LogP contribution < -0.4 is 31.1 Å². The highest BCUT2D eigenvalue weighted by Crippen LogP contribution is 2.40. The van der Waals surface area contributed by atoms with Crippen LogP contribution >= 0.6 is 0 Å². The van der Waals surface area contributed by atoms with Gasteiger partial charge in [-0.2, -0.15) is 4.98 Å². The third-order valence-electron chi connectivity index (χ3n) is 12.7. The summed E-state index contributed by atoms with van der Waals surface area (Å²) in [6.45, 7) is 4.13. The number of aromatic nitrogens is 2. The molecule has 61 heavy (non-hydrogen) atoms. The summed E-state index contributed by atoms with van der Waals surface area (Å²) in [5.41, 5.74) is 4.23. The second-order valence-electron chi connectivity index (χ2n) is 16.6. The molecule has 2 aliphatic carbocycles. The maximum atomic E-state index is 13.2. The number of hydrogen-bond donors (Lipinski definition) is 4. The van der Waals surface area contributed by atoms with Gasteiger partial charge in [-0.3, -0.25) is 29.3 Å². The van der Waals surface area contributed by atoms with E-state index < -0.39 is 11.9 Å². The zero-order valence-corrected chi connectivity index (χ0v) is 35.0. The van der Waals surface area contributed by atoms with Crippen molar-refractivity contribution < 1.29 is 28.7 Å². The Labute approximate surface area is 356 Å². The number of carbonyl (C=O) groups is 5. The summed E-state index contributed by atoms with van der Waals surface area (Å²) in [5, 5.41) is 12.4. The van der Waals surface area contributed by atoms with Gasteiger partial charge >= 0.3 is 0 Å². The van der Waals surface area contributed by atoms with Gasteiger partial charge in [0.15, 0.2) is 5.82 Å². The zero-order valence-electron chi connectivity index (χ0n) is 35.0. The van der Waals surface area contributed by atoms with Crippen LogP contribution in [0.1, 0.15) is 116 Å². The number of nitrogens with zero attached hydrogens (tertiary/aromatic N) is 5. The number of rotatable bonds is 13. The van der Waals surface area contributed by atoms with Crippen molar-refractivity contribution in [3.8, 4) is 11.8 Å². The van der Waals surface area contributed by atoms with Crippen LogP contribution in [0.25, 0.3) is 0 Å². The molecule has 2 aromatic carbocycles. The van der Waals surface area contributed by atoms with E-state index in [-0.39, 0.29) is 42.1 Å². The summed E-state index contributed by atoms with van der Waals surface area (Å²) in [4.78, 5) is 78.4. The molecule has 2 saturated carbocycles. The number of nitrogens with one attached hydrogen (secondary N) is 4. The Hall–Kier alpha value is -5.85. The Kier molecular flexibility index (Phi) is 12.9. The van der Waals surface area contributed by atoms with Crippen LogP contribution in [0, 0.1) is 11.8 Å². The number of amides is 5. The van der Waals surface area contributed by atoms with Gasteiger partial charge in [0.1, 0.15) is 17.8 Å². The molecule has 4 heterocycles. The van der Waals surface area contributed by atoms with E-state index in [1.807, 2.05) is 30.3 Å². The van der Waals surface area contributed by atoms with Crippen molar-refractivity contribution >= 4 is 52.7 Å². The summed E-state index contributed by atoms with van der Waals surface area (Å²) >= 11 is 0. The summed E-state index contributed by atoms with van der Waals surface area (Å²) in [7, 11) is 1.80. The van der Waals surface area contributed by atoms with Gasteiger partial charge in [0, 0.05) is 73.5 Å². The van der Waals surface area contributed by atoms with Crippen molar-refractivity contribution in [2.75, 3.05) is 41.9 Å². The monoisotopic (exact) mass is 829 g/mol. The lowest BCUT2D eigenvalue weighted by Gasteiger charge is -2.43. The number of imide groups is 1. The average molecular weight is 830 g/mol. The molecule has 3 aliphatic heterocycles. The van der Waals surface area contributed by atoms with Crippen LogP contribution in [-0.2, 0) is 25.7 Å². The molecule has 15 nitrogen and oxygen atoms in total. The standard InChI is InChI=1S/C46H55N9O6/c1-3-37-45(60)53(2)39-27-48-46(52-41(39)55(37)34-11-4-5-12-34)50-33-16-14-30(15-17-33)42(57)49-32-20-18-31(19-21-32)47-24-26-61-25-7-6-9-29-10-8-13-35-36(29)28-54(44(35)59)38-22-23-40(56)51-43(38)58/h8,10,13-17,27,31-32,34,37-38,47H,3-5,7,11-12,18-26,28H2,1-2H3,(H,49,57)(H,48,50,52)(H,51,56,58)/t31?,32?,37-,38?/m1/s1. The lowest BCUT2D eigenvalue weighted by Crippen LogP contribution is -2.55. The molecule has 320 valence electrons. The van der Waals surface area contributed by atoms with Crippen LogP contribution in [0.5, 0.6) is 0 Å². The Balaban J connectivity index is 0.734. The zero-order chi connectivity index (χ0) is 42.5. The molecule has 5 amide bonds. The molecule has 0 bridgehead atoms. The second-order valence-corrected chi connectivity index (χ2v) is 16.6. The molecule has 3 aromatic rings. The van der Waals surface area contributed by atoms with Gasteiger partial charge in [-0.15, -0.1) is 0 Å². The van der Waals surface area contributed by atoms with Crippen LogP contribution in [0.3, 0.4) is 0 Å². The lowest BCUT2D eigenvalue weighted by molar-refractivity contribution is -0.137. The second kappa shape index (κ2) is 18.8. The topological polar surface area (TPSA) is 178 Å². The Morgan fingerprint density at radius 3 is 2.48 bits per heavy atom. The first-order valence-electron chi connectivity index (χ1n) is 21.9. The Morgan fingerprint density at radius 1 is 0.951 bits per heavy atom. The molecule has 5 aliphatic rings. The minimum Gasteiger partial charge on any atom is -0.379 e. The van der Waals surface area contributed by atoms with Gasteiger partial charge in [0.25, 0.3) is 11.8 Å². The fraction of sp³-hybridized carbons (Fsp3) is 0.500. The SMILES string of the molecule is CC[C@@H]1C(=O)N(C)c2cnc(Nc3ccc(C(=O)NC4CCC(NCCOCCC#Cc5cccc6c5CN(C5CCC(=O)NC5=O)C6=O)CC4)cc3)nc2N1C1CCCC1. The third kappa shape index (κ3) is 9.25. The number of carbonyl (C=O) groups excluding carboxylic acids is 5. The quantitative estimate of drug-likeness (QED) is 0.108. The van der Waals surface area contributed by atoms with Gasteiger partial charge in [-0.25, -0.2) is 4.98 Å². The summed E-state index contributed by atoms with van der Waals surface area (Å²) in [5.74, 6) is 6.65. The third-order valence-corrected chi connectivity index (χ3v) is 12.7. The van der Waals surface area contributed by atoms with Gasteiger partial charge in [-0.05, 0) is 93.3 Å². The largest absolute Gasteiger partial charge is 0.379 e. The molecule has 0 spiro atoms.